The van der Waals surface area contributed by atoms with Crippen LogP contribution in [0.4, 0.5) is 0 Å². The quantitative estimate of drug-likeness (QED) is 0.167. The van der Waals surface area contributed by atoms with Crippen LogP contribution >= 0.6 is 0 Å². The lowest BCUT2D eigenvalue weighted by Crippen LogP contribution is -1.92. The summed E-state index contributed by atoms with van der Waals surface area (Å²) in [5.74, 6) is 0. The van der Waals surface area contributed by atoms with E-state index in [2.05, 4.69) is 195 Å². The molecule has 0 atom stereocenters. The molecular weight excluding hydrogens is 613 g/mol. The van der Waals surface area contributed by atoms with Gasteiger partial charge in [0.1, 0.15) is 0 Å². The van der Waals surface area contributed by atoms with Crippen molar-refractivity contribution in [1.29, 1.82) is 0 Å². The summed E-state index contributed by atoms with van der Waals surface area (Å²) >= 11 is 0. The molecule has 0 aliphatic heterocycles. The van der Waals surface area contributed by atoms with Crippen LogP contribution in [0.3, 0.4) is 0 Å². The molecule has 0 N–H and O–H groups in total. The van der Waals surface area contributed by atoms with Crippen molar-refractivity contribution in [3.05, 3.63) is 194 Å². The Morgan fingerprint density at radius 1 is 0.235 bits per heavy atom. The smallest absolute Gasteiger partial charge is 0.00262 e. The highest BCUT2D eigenvalue weighted by Gasteiger charge is 2.19. The van der Waals surface area contributed by atoms with E-state index in [4.69, 9.17) is 0 Å². The molecule has 0 spiro atoms. The number of benzene rings is 10. The third kappa shape index (κ3) is 4.76. The van der Waals surface area contributed by atoms with Gasteiger partial charge in [0.05, 0.1) is 0 Å². The minimum absolute atomic E-state index is 1.22. The third-order valence-electron chi connectivity index (χ3n) is 10.7. The van der Waals surface area contributed by atoms with Gasteiger partial charge in [-0.1, -0.05) is 188 Å². The highest BCUT2D eigenvalue weighted by molar-refractivity contribution is 6.23. The molecule has 0 bridgehead atoms. The van der Waals surface area contributed by atoms with Crippen LogP contribution in [-0.4, -0.2) is 0 Å². The minimum Gasteiger partial charge on any atom is -0.0616 e. The van der Waals surface area contributed by atoms with Crippen LogP contribution < -0.4 is 0 Å². The van der Waals surface area contributed by atoms with Crippen molar-refractivity contribution in [3.8, 4) is 44.5 Å². The molecule has 0 radical (unpaired) electrons. The number of hydrogen-bond acceptors (Lipinski definition) is 0. The van der Waals surface area contributed by atoms with E-state index in [9.17, 15) is 0 Å². The molecule has 0 heterocycles. The zero-order valence-corrected chi connectivity index (χ0v) is 28.4. The fourth-order valence-corrected chi connectivity index (χ4v) is 8.37. The minimum atomic E-state index is 1.22. The zero-order valence-electron chi connectivity index (χ0n) is 28.4. The molecule has 0 heteroatoms. The lowest BCUT2D eigenvalue weighted by molar-refractivity contribution is 1.47. The van der Waals surface area contributed by atoms with Crippen LogP contribution in [0.5, 0.6) is 0 Å². The SMILES string of the molecule is Cc1ccc(-c2c3ccccc3c(-c3ccc(-c4c5ccccc5c(-c5ccc6ccccc6c5)c5ccccc45)cc3)c3ccccc23)cc1. The summed E-state index contributed by atoms with van der Waals surface area (Å²) in [6, 6.07) is 69.4. The maximum absolute atomic E-state index is 2.34. The van der Waals surface area contributed by atoms with E-state index >= 15 is 0 Å². The summed E-state index contributed by atoms with van der Waals surface area (Å²) < 4.78 is 0. The van der Waals surface area contributed by atoms with Crippen molar-refractivity contribution in [3.63, 3.8) is 0 Å². The predicted octanol–water partition coefficient (Wildman–Crippen LogP) is 14.4. The molecule has 0 amide bonds. The molecule has 0 aliphatic rings. The Morgan fingerprint density at radius 2 is 0.510 bits per heavy atom. The Kier molecular flexibility index (Phi) is 6.82. The molecule has 238 valence electrons. The van der Waals surface area contributed by atoms with E-state index in [-0.39, 0.29) is 0 Å². The largest absolute Gasteiger partial charge is 0.0616 e. The number of aryl methyl sites for hydroxylation is 1. The van der Waals surface area contributed by atoms with E-state index in [1.807, 2.05) is 0 Å². The Bertz CT molecular complexity index is 2830. The van der Waals surface area contributed by atoms with Gasteiger partial charge in [-0.25, -0.2) is 0 Å². The first-order valence-corrected chi connectivity index (χ1v) is 17.8. The van der Waals surface area contributed by atoms with Gasteiger partial charge in [0.2, 0.25) is 0 Å². The molecule has 0 saturated heterocycles. The summed E-state index contributed by atoms with van der Waals surface area (Å²) in [7, 11) is 0. The molecule has 0 unspecified atom stereocenters. The van der Waals surface area contributed by atoms with Crippen molar-refractivity contribution in [1.82, 2.24) is 0 Å². The van der Waals surface area contributed by atoms with Crippen LogP contribution in [0, 0.1) is 6.92 Å². The van der Waals surface area contributed by atoms with Gasteiger partial charge in [-0.05, 0) is 111 Å². The van der Waals surface area contributed by atoms with Crippen molar-refractivity contribution < 1.29 is 0 Å². The first kappa shape index (κ1) is 29.4. The van der Waals surface area contributed by atoms with Gasteiger partial charge in [-0.2, -0.15) is 0 Å². The maximum Gasteiger partial charge on any atom is -0.00262 e. The van der Waals surface area contributed by atoms with E-state index in [0.717, 1.165) is 0 Å². The van der Waals surface area contributed by atoms with Crippen molar-refractivity contribution in [2.24, 2.45) is 0 Å². The van der Waals surface area contributed by atoms with Gasteiger partial charge >= 0.3 is 0 Å². The first-order chi connectivity index (χ1) is 25.2. The number of hydrogen-bond donors (Lipinski definition) is 0. The van der Waals surface area contributed by atoms with Gasteiger partial charge in [0, 0.05) is 0 Å². The fraction of sp³-hybridized carbons (Fsp3) is 0.0196. The van der Waals surface area contributed by atoms with Gasteiger partial charge < -0.3 is 0 Å². The van der Waals surface area contributed by atoms with Crippen molar-refractivity contribution in [2.45, 2.75) is 6.92 Å². The van der Waals surface area contributed by atoms with Crippen LogP contribution in [0.15, 0.2) is 188 Å². The molecule has 0 saturated carbocycles. The topological polar surface area (TPSA) is 0 Å². The molecule has 51 heavy (non-hydrogen) atoms. The summed E-state index contributed by atoms with van der Waals surface area (Å²) in [5, 5.41) is 12.7. The summed E-state index contributed by atoms with van der Waals surface area (Å²) in [6.07, 6.45) is 0. The second kappa shape index (κ2) is 11.8. The summed E-state index contributed by atoms with van der Waals surface area (Å²) in [4.78, 5) is 0. The molecule has 0 nitrogen and oxygen atoms in total. The molecule has 0 aliphatic carbocycles. The second-order valence-electron chi connectivity index (χ2n) is 13.7. The van der Waals surface area contributed by atoms with E-state index < -0.39 is 0 Å². The average Bonchev–Trinajstić information content (AvgIpc) is 3.19. The van der Waals surface area contributed by atoms with Gasteiger partial charge in [-0.3, -0.25) is 0 Å². The van der Waals surface area contributed by atoms with Crippen molar-refractivity contribution >= 4 is 53.9 Å². The Balaban J connectivity index is 1.19. The van der Waals surface area contributed by atoms with Crippen LogP contribution in [0.1, 0.15) is 5.56 Å². The zero-order chi connectivity index (χ0) is 33.9. The molecule has 0 aromatic heterocycles. The van der Waals surface area contributed by atoms with E-state index in [0.29, 0.717) is 0 Å². The van der Waals surface area contributed by atoms with Crippen molar-refractivity contribution in [2.75, 3.05) is 0 Å². The predicted molar refractivity (Wildman–Crippen MR) is 220 cm³/mol. The number of rotatable bonds is 4. The van der Waals surface area contributed by atoms with Gasteiger partial charge in [0.25, 0.3) is 0 Å². The fourth-order valence-electron chi connectivity index (χ4n) is 8.37. The molecule has 0 fully saturated rings. The Hall–Kier alpha value is -6.50. The van der Waals surface area contributed by atoms with Gasteiger partial charge in [0.15, 0.2) is 0 Å². The van der Waals surface area contributed by atoms with E-state index in [1.165, 1.54) is 104 Å². The average molecular weight is 647 g/mol. The van der Waals surface area contributed by atoms with E-state index in [1.54, 1.807) is 0 Å². The van der Waals surface area contributed by atoms with Gasteiger partial charge in [-0.15, -0.1) is 0 Å². The monoisotopic (exact) mass is 646 g/mol. The summed E-state index contributed by atoms with van der Waals surface area (Å²) in [5.41, 5.74) is 11.4. The standard InChI is InChI=1S/C51H34/c1-33-22-24-35(25-23-33)48-40-14-4-6-16-42(40)49(43-17-7-5-15-41(43)48)36-27-29-37(30-28-36)50-44-18-8-10-20-46(44)51(47-21-11-9-19-45(47)50)39-31-26-34-12-2-3-13-38(34)32-39/h2-32H,1H3. The molecule has 10 rings (SSSR count). The summed E-state index contributed by atoms with van der Waals surface area (Å²) in [6.45, 7) is 2.15. The van der Waals surface area contributed by atoms with Crippen LogP contribution in [0.25, 0.3) is 98.4 Å². The Labute approximate surface area is 297 Å². The molecule has 10 aromatic carbocycles. The maximum atomic E-state index is 2.34. The first-order valence-electron chi connectivity index (χ1n) is 17.8. The highest BCUT2D eigenvalue weighted by Crippen LogP contribution is 2.46. The number of fused-ring (bicyclic) bond motifs is 5. The van der Waals surface area contributed by atoms with Crippen LogP contribution in [0.2, 0.25) is 0 Å². The lowest BCUT2D eigenvalue weighted by atomic mass is 9.84. The molecule has 10 aromatic rings. The Morgan fingerprint density at radius 3 is 0.882 bits per heavy atom. The normalized spacial score (nSPS) is 11.6. The molecular formula is C51H34. The third-order valence-corrected chi connectivity index (χ3v) is 10.7. The van der Waals surface area contributed by atoms with Crippen LogP contribution in [-0.2, 0) is 0 Å². The lowest BCUT2D eigenvalue weighted by Gasteiger charge is -2.19. The second-order valence-corrected chi connectivity index (χ2v) is 13.7. The highest BCUT2D eigenvalue weighted by atomic mass is 14.2.